The van der Waals surface area contributed by atoms with Crippen LogP contribution in [0.4, 0.5) is 5.69 Å². The van der Waals surface area contributed by atoms with Crippen LogP contribution < -0.4 is 10.6 Å². The van der Waals surface area contributed by atoms with Crippen LogP contribution >= 0.6 is 0 Å². The van der Waals surface area contributed by atoms with Crippen molar-refractivity contribution in [2.75, 3.05) is 31.7 Å². The molecule has 0 radical (unpaired) electrons. The predicted octanol–water partition coefficient (Wildman–Crippen LogP) is 2.57. The van der Waals surface area contributed by atoms with E-state index in [0.29, 0.717) is 5.92 Å². The highest BCUT2D eigenvalue weighted by Gasteiger charge is 2.16. The summed E-state index contributed by atoms with van der Waals surface area (Å²) in [5.74, 6) is 0.664. The first-order chi connectivity index (χ1) is 8.66. The van der Waals surface area contributed by atoms with Crippen LogP contribution in [-0.2, 0) is 4.74 Å². The smallest absolute Gasteiger partial charge is 0.0511 e. The Morgan fingerprint density at radius 1 is 1.39 bits per heavy atom. The van der Waals surface area contributed by atoms with Crippen molar-refractivity contribution in [2.45, 2.75) is 25.8 Å². The molecule has 1 fully saturated rings. The standard InChI is InChI=1S/C15H24N2O/c1-12(16)14-5-7-15(8-6-14)17(2)10-13-4-3-9-18-11-13/h5-8,12-13H,3-4,9-11,16H2,1-2H3/t12-,13?/m0/s1. The minimum Gasteiger partial charge on any atom is -0.381 e. The van der Waals surface area contributed by atoms with Gasteiger partial charge in [-0.15, -0.1) is 0 Å². The molecular formula is C15H24N2O. The van der Waals surface area contributed by atoms with Gasteiger partial charge in [0.1, 0.15) is 0 Å². The number of ether oxygens (including phenoxy) is 1. The van der Waals surface area contributed by atoms with Crippen molar-refractivity contribution in [3.05, 3.63) is 29.8 Å². The lowest BCUT2D eigenvalue weighted by Crippen LogP contribution is -2.30. The third kappa shape index (κ3) is 3.47. The summed E-state index contributed by atoms with van der Waals surface area (Å²) in [5, 5.41) is 0. The number of hydrogen-bond donors (Lipinski definition) is 1. The van der Waals surface area contributed by atoms with Crippen molar-refractivity contribution in [1.82, 2.24) is 0 Å². The van der Waals surface area contributed by atoms with Crippen molar-refractivity contribution >= 4 is 5.69 Å². The Bertz CT molecular complexity index is 355. The van der Waals surface area contributed by atoms with Crippen molar-refractivity contribution in [3.63, 3.8) is 0 Å². The largest absolute Gasteiger partial charge is 0.381 e. The van der Waals surface area contributed by atoms with Crippen LogP contribution in [0.25, 0.3) is 0 Å². The van der Waals surface area contributed by atoms with E-state index in [1.165, 1.54) is 24.1 Å². The summed E-state index contributed by atoms with van der Waals surface area (Å²) in [6, 6.07) is 8.66. The first-order valence-electron chi connectivity index (χ1n) is 6.81. The summed E-state index contributed by atoms with van der Waals surface area (Å²) < 4.78 is 5.53. The van der Waals surface area contributed by atoms with Gasteiger partial charge in [0.15, 0.2) is 0 Å². The quantitative estimate of drug-likeness (QED) is 0.890. The van der Waals surface area contributed by atoms with Gasteiger partial charge in [-0.1, -0.05) is 12.1 Å². The molecule has 3 nitrogen and oxygen atoms in total. The number of rotatable bonds is 4. The van der Waals surface area contributed by atoms with E-state index in [1.807, 2.05) is 6.92 Å². The molecule has 2 rings (SSSR count). The van der Waals surface area contributed by atoms with Crippen LogP contribution in [0.3, 0.4) is 0 Å². The van der Waals surface area contributed by atoms with Crippen molar-refractivity contribution in [2.24, 2.45) is 11.7 Å². The molecule has 1 unspecified atom stereocenters. The Labute approximate surface area is 110 Å². The zero-order valence-corrected chi connectivity index (χ0v) is 11.4. The minimum absolute atomic E-state index is 0.108. The molecule has 1 aliphatic rings. The Morgan fingerprint density at radius 3 is 2.67 bits per heavy atom. The first kappa shape index (κ1) is 13.4. The molecule has 1 aromatic carbocycles. The monoisotopic (exact) mass is 248 g/mol. The topological polar surface area (TPSA) is 38.5 Å². The van der Waals surface area contributed by atoms with E-state index < -0.39 is 0 Å². The molecule has 1 saturated heterocycles. The molecule has 0 aromatic heterocycles. The lowest BCUT2D eigenvalue weighted by Gasteiger charge is -2.28. The van der Waals surface area contributed by atoms with Gasteiger partial charge in [0.2, 0.25) is 0 Å². The average Bonchev–Trinajstić information content (AvgIpc) is 2.40. The van der Waals surface area contributed by atoms with Gasteiger partial charge in [0.05, 0.1) is 6.61 Å². The fourth-order valence-electron chi connectivity index (χ4n) is 2.48. The van der Waals surface area contributed by atoms with E-state index in [-0.39, 0.29) is 6.04 Å². The Hall–Kier alpha value is -1.06. The molecule has 1 aromatic rings. The number of nitrogens with two attached hydrogens (primary N) is 1. The second kappa shape index (κ2) is 6.21. The summed E-state index contributed by atoms with van der Waals surface area (Å²) >= 11 is 0. The molecule has 1 aliphatic heterocycles. The number of anilines is 1. The summed E-state index contributed by atoms with van der Waals surface area (Å²) in [5.41, 5.74) is 8.30. The van der Waals surface area contributed by atoms with Crippen LogP contribution in [0.5, 0.6) is 0 Å². The molecule has 2 N–H and O–H groups in total. The van der Waals surface area contributed by atoms with Crippen LogP contribution in [0.1, 0.15) is 31.4 Å². The molecule has 0 aliphatic carbocycles. The van der Waals surface area contributed by atoms with Gasteiger partial charge in [-0.05, 0) is 43.4 Å². The maximum Gasteiger partial charge on any atom is 0.0511 e. The highest BCUT2D eigenvalue weighted by Crippen LogP contribution is 2.20. The Kier molecular flexibility index (Phi) is 4.61. The van der Waals surface area contributed by atoms with E-state index in [0.717, 1.165) is 19.8 Å². The first-order valence-corrected chi connectivity index (χ1v) is 6.81. The van der Waals surface area contributed by atoms with Gasteiger partial charge in [-0.2, -0.15) is 0 Å². The molecule has 1 heterocycles. The number of nitrogens with zero attached hydrogens (tertiary/aromatic N) is 1. The summed E-state index contributed by atoms with van der Waals surface area (Å²) in [6.45, 7) is 4.92. The highest BCUT2D eigenvalue weighted by atomic mass is 16.5. The summed E-state index contributed by atoms with van der Waals surface area (Å²) in [4.78, 5) is 2.31. The van der Waals surface area contributed by atoms with Crippen molar-refractivity contribution in [3.8, 4) is 0 Å². The lowest BCUT2D eigenvalue weighted by atomic mass is 10.0. The van der Waals surface area contributed by atoms with Gasteiger partial charge >= 0.3 is 0 Å². The van der Waals surface area contributed by atoms with E-state index in [9.17, 15) is 0 Å². The fourth-order valence-corrected chi connectivity index (χ4v) is 2.48. The summed E-state index contributed by atoms with van der Waals surface area (Å²) in [6.07, 6.45) is 2.48. The molecule has 100 valence electrons. The van der Waals surface area contributed by atoms with Gasteiger partial charge in [0.25, 0.3) is 0 Å². The Balaban J connectivity index is 1.93. The molecule has 18 heavy (non-hydrogen) atoms. The lowest BCUT2D eigenvalue weighted by molar-refractivity contribution is 0.0576. The Morgan fingerprint density at radius 2 is 2.11 bits per heavy atom. The molecule has 0 spiro atoms. The normalized spacial score (nSPS) is 21.6. The number of hydrogen-bond acceptors (Lipinski definition) is 3. The van der Waals surface area contributed by atoms with Gasteiger partial charge < -0.3 is 15.4 Å². The van der Waals surface area contributed by atoms with E-state index >= 15 is 0 Å². The van der Waals surface area contributed by atoms with Gasteiger partial charge in [-0.25, -0.2) is 0 Å². The van der Waals surface area contributed by atoms with Crippen LogP contribution in [0.2, 0.25) is 0 Å². The molecule has 0 amide bonds. The SMILES string of the molecule is C[C@H](N)c1ccc(N(C)CC2CCCOC2)cc1. The fraction of sp³-hybridized carbons (Fsp3) is 0.600. The third-order valence-electron chi connectivity index (χ3n) is 3.65. The predicted molar refractivity (Wildman–Crippen MR) is 75.9 cm³/mol. The maximum atomic E-state index is 5.86. The second-order valence-corrected chi connectivity index (χ2v) is 5.34. The van der Waals surface area contributed by atoms with Crippen LogP contribution in [-0.4, -0.2) is 26.8 Å². The molecule has 3 heteroatoms. The van der Waals surface area contributed by atoms with E-state index in [4.69, 9.17) is 10.5 Å². The molecule has 2 atom stereocenters. The van der Waals surface area contributed by atoms with Crippen LogP contribution in [0, 0.1) is 5.92 Å². The van der Waals surface area contributed by atoms with E-state index in [1.54, 1.807) is 0 Å². The second-order valence-electron chi connectivity index (χ2n) is 5.34. The summed E-state index contributed by atoms with van der Waals surface area (Å²) in [7, 11) is 2.15. The molecule has 0 bridgehead atoms. The highest BCUT2D eigenvalue weighted by molar-refractivity contribution is 5.47. The molecule has 0 saturated carbocycles. The van der Waals surface area contributed by atoms with Gasteiger partial charge in [0, 0.05) is 31.9 Å². The van der Waals surface area contributed by atoms with Crippen LogP contribution in [0.15, 0.2) is 24.3 Å². The zero-order valence-electron chi connectivity index (χ0n) is 11.4. The van der Waals surface area contributed by atoms with Gasteiger partial charge in [-0.3, -0.25) is 0 Å². The third-order valence-corrected chi connectivity index (χ3v) is 3.65. The zero-order chi connectivity index (χ0) is 13.0. The maximum absolute atomic E-state index is 5.86. The number of benzene rings is 1. The average molecular weight is 248 g/mol. The van der Waals surface area contributed by atoms with E-state index in [2.05, 4.69) is 36.2 Å². The molecular weight excluding hydrogens is 224 g/mol. The minimum atomic E-state index is 0.108. The van der Waals surface area contributed by atoms with Crippen molar-refractivity contribution < 1.29 is 4.74 Å². The van der Waals surface area contributed by atoms with Crippen molar-refractivity contribution in [1.29, 1.82) is 0 Å².